The van der Waals surface area contributed by atoms with Crippen molar-refractivity contribution in [2.24, 2.45) is 9.98 Å². The molecule has 0 radical (unpaired) electrons. The van der Waals surface area contributed by atoms with Crippen LogP contribution in [0.3, 0.4) is 0 Å². The Morgan fingerprint density at radius 1 is 1.38 bits per heavy atom. The number of nitrogens with zero attached hydrogens (tertiary/aromatic N) is 3. The van der Waals surface area contributed by atoms with Crippen LogP contribution < -0.4 is 4.90 Å². The van der Waals surface area contributed by atoms with E-state index in [0.29, 0.717) is 29.4 Å². The lowest BCUT2D eigenvalue weighted by Crippen LogP contribution is -2.48. The monoisotopic (exact) mass is 339 g/mol. The van der Waals surface area contributed by atoms with Gasteiger partial charge in [0.05, 0.1) is 5.56 Å². The van der Waals surface area contributed by atoms with Crippen molar-refractivity contribution in [1.82, 2.24) is 0 Å². The third-order valence-corrected chi connectivity index (χ3v) is 5.36. The van der Waals surface area contributed by atoms with Crippen molar-refractivity contribution in [1.29, 1.82) is 0 Å². The number of rotatable bonds is 3. The van der Waals surface area contributed by atoms with E-state index in [1.54, 1.807) is 13.1 Å². The minimum absolute atomic E-state index is 0.234. The van der Waals surface area contributed by atoms with Gasteiger partial charge >= 0.3 is 0 Å². The highest BCUT2D eigenvalue weighted by Crippen LogP contribution is 2.41. The van der Waals surface area contributed by atoms with Gasteiger partial charge in [0.2, 0.25) is 5.78 Å². The zero-order valence-electron chi connectivity index (χ0n) is 13.3. The smallest absolute Gasteiger partial charge is 0.205 e. The molecule has 1 atom stereocenters. The number of anilines is 1. The van der Waals surface area contributed by atoms with Crippen LogP contribution in [0.1, 0.15) is 22.3 Å². The second-order valence-electron chi connectivity index (χ2n) is 5.98. The van der Waals surface area contributed by atoms with Crippen LogP contribution in [-0.2, 0) is 6.42 Å². The Morgan fingerprint density at radius 2 is 2.17 bits per heavy atom. The molecule has 2 aromatic rings. The molecule has 0 aliphatic carbocycles. The van der Waals surface area contributed by atoms with Crippen molar-refractivity contribution < 1.29 is 9.90 Å². The van der Waals surface area contributed by atoms with Gasteiger partial charge in [0.15, 0.2) is 11.4 Å². The van der Waals surface area contributed by atoms with Crippen molar-refractivity contribution in [3.8, 4) is 0 Å². The molecule has 0 spiro atoms. The third-order valence-electron chi connectivity index (χ3n) is 4.55. The van der Waals surface area contributed by atoms with E-state index in [4.69, 9.17) is 0 Å². The molecule has 1 fully saturated rings. The fourth-order valence-electron chi connectivity index (χ4n) is 3.22. The summed E-state index contributed by atoms with van der Waals surface area (Å²) < 4.78 is 0. The van der Waals surface area contributed by atoms with E-state index in [9.17, 15) is 9.90 Å². The Labute approximate surface area is 144 Å². The zero-order chi connectivity index (χ0) is 16.7. The summed E-state index contributed by atoms with van der Waals surface area (Å²) in [6.07, 6.45) is 3.02. The summed E-state index contributed by atoms with van der Waals surface area (Å²) >= 11 is 1.42. The lowest BCUT2D eigenvalue weighted by Gasteiger charge is -2.28. The first-order valence-corrected chi connectivity index (χ1v) is 8.72. The van der Waals surface area contributed by atoms with Crippen molar-refractivity contribution in [2.45, 2.75) is 18.4 Å². The number of Topliss-reactive ketones (excluding diaryl/α,β-unsaturated/α-hetero) is 1. The largest absolute Gasteiger partial charge is 0.374 e. The maximum absolute atomic E-state index is 12.7. The minimum Gasteiger partial charge on any atom is -0.374 e. The van der Waals surface area contributed by atoms with Crippen LogP contribution in [0.4, 0.5) is 10.7 Å². The zero-order valence-corrected chi connectivity index (χ0v) is 14.1. The molecule has 2 aliphatic heterocycles. The SMILES string of the molecule is CN=CCc1ccc(N2CC[C@@]3(O)C(=O)c4ccsc4N=C23)cc1. The van der Waals surface area contributed by atoms with Crippen LogP contribution in [0.2, 0.25) is 0 Å². The molecule has 0 saturated carbocycles. The number of fused-ring (bicyclic) bond motifs is 2. The van der Waals surface area contributed by atoms with Gasteiger partial charge in [-0.2, -0.15) is 0 Å². The summed E-state index contributed by atoms with van der Waals surface area (Å²) in [7, 11) is 1.76. The molecule has 0 amide bonds. The molecule has 6 heteroatoms. The lowest BCUT2D eigenvalue weighted by molar-refractivity contribution is 0.0603. The quantitative estimate of drug-likeness (QED) is 0.875. The first-order chi connectivity index (χ1) is 11.6. The summed E-state index contributed by atoms with van der Waals surface area (Å²) in [4.78, 5) is 23.2. The molecule has 2 aliphatic rings. The number of carbonyl (C=O) groups is 1. The highest BCUT2D eigenvalue weighted by Gasteiger charge is 2.52. The predicted molar refractivity (Wildman–Crippen MR) is 97.2 cm³/mol. The Balaban J connectivity index is 1.70. The van der Waals surface area contributed by atoms with Gasteiger partial charge in [0, 0.05) is 38.3 Å². The van der Waals surface area contributed by atoms with Crippen LogP contribution in [-0.4, -0.2) is 42.1 Å². The molecule has 0 unspecified atom stereocenters. The summed E-state index contributed by atoms with van der Waals surface area (Å²) in [6, 6.07) is 9.82. The third kappa shape index (κ3) is 2.22. The summed E-state index contributed by atoms with van der Waals surface area (Å²) in [6.45, 7) is 0.575. The van der Waals surface area contributed by atoms with Crippen LogP contribution in [0.25, 0.3) is 0 Å². The van der Waals surface area contributed by atoms with Crippen molar-refractivity contribution in [2.75, 3.05) is 18.5 Å². The Hall–Kier alpha value is -2.31. The highest BCUT2D eigenvalue weighted by molar-refractivity contribution is 7.14. The van der Waals surface area contributed by atoms with Gasteiger partial charge < -0.3 is 15.0 Å². The van der Waals surface area contributed by atoms with E-state index in [-0.39, 0.29) is 5.78 Å². The Morgan fingerprint density at radius 3 is 2.92 bits per heavy atom. The minimum atomic E-state index is -1.50. The number of amidine groups is 1. The second kappa shape index (κ2) is 5.65. The molecule has 1 saturated heterocycles. The van der Waals surface area contributed by atoms with Crippen LogP contribution in [0.15, 0.2) is 45.7 Å². The number of aliphatic imine (C=N–C) groups is 2. The van der Waals surface area contributed by atoms with E-state index in [2.05, 4.69) is 9.98 Å². The van der Waals surface area contributed by atoms with Gasteiger partial charge in [0.25, 0.3) is 0 Å². The number of benzene rings is 1. The number of hydrogen-bond donors (Lipinski definition) is 1. The van der Waals surface area contributed by atoms with Gasteiger partial charge in [-0.15, -0.1) is 11.3 Å². The summed E-state index contributed by atoms with van der Waals surface area (Å²) in [5, 5.41) is 13.4. The first-order valence-electron chi connectivity index (χ1n) is 7.84. The number of thiophene rings is 1. The molecular formula is C18H17N3O2S. The molecule has 1 aromatic heterocycles. The van der Waals surface area contributed by atoms with Gasteiger partial charge in [-0.1, -0.05) is 12.1 Å². The molecule has 122 valence electrons. The van der Waals surface area contributed by atoms with Crippen molar-refractivity contribution in [3.05, 3.63) is 46.8 Å². The first kappa shape index (κ1) is 15.2. The molecule has 4 rings (SSSR count). The number of ketones is 1. The van der Waals surface area contributed by atoms with Crippen LogP contribution in [0.5, 0.6) is 0 Å². The average Bonchev–Trinajstić information content (AvgIpc) is 3.19. The van der Waals surface area contributed by atoms with E-state index in [1.807, 2.05) is 40.8 Å². The topological polar surface area (TPSA) is 65.3 Å². The van der Waals surface area contributed by atoms with Gasteiger partial charge in [-0.3, -0.25) is 4.79 Å². The fourth-order valence-corrected chi connectivity index (χ4v) is 3.98. The van der Waals surface area contributed by atoms with Crippen LogP contribution in [0, 0.1) is 0 Å². The standard InChI is InChI=1S/C18H17N3O2S/c1-19-9-6-12-2-4-13(5-3-12)21-10-8-18(23)15(22)14-7-11-24-16(14)20-17(18)21/h2-5,7,9,11,23H,6,8,10H2,1H3/t18-/m1/s1. The summed E-state index contributed by atoms with van der Waals surface area (Å²) in [5.74, 6) is 0.215. The Bertz CT molecular complexity index is 853. The van der Waals surface area contributed by atoms with E-state index < -0.39 is 5.60 Å². The molecule has 0 bridgehead atoms. The van der Waals surface area contributed by atoms with E-state index >= 15 is 0 Å². The maximum atomic E-state index is 12.7. The van der Waals surface area contributed by atoms with Crippen molar-refractivity contribution >= 4 is 39.9 Å². The molecule has 24 heavy (non-hydrogen) atoms. The predicted octanol–water partition coefficient (Wildman–Crippen LogP) is 2.86. The second-order valence-corrected chi connectivity index (χ2v) is 6.87. The normalized spacial score (nSPS) is 22.7. The number of carbonyl (C=O) groups excluding carboxylic acids is 1. The van der Waals surface area contributed by atoms with Gasteiger partial charge in [-0.25, -0.2) is 4.99 Å². The van der Waals surface area contributed by atoms with Crippen LogP contribution >= 0.6 is 11.3 Å². The maximum Gasteiger partial charge on any atom is 0.205 e. The molecular weight excluding hydrogens is 322 g/mol. The fraction of sp³-hybridized carbons (Fsp3) is 0.278. The highest BCUT2D eigenvalue weighted by atomic mass is 32.1. The average molecular weight is 339 g/mol. The number of aliphatic hydroxyl groups is 1. The molecule has 1 aromatic carbocycles. The van der Waals surface area contributed by atoms with Crippen molar-refractivity contribution in [3.63, 3.8) is 0 Å². The summed E-state index contributed by atoms with van der Waals surface area (Å²) in [5.41, 5.74) is 1.14. The van der Waals surface area contributed by atoms with E-state index in [0.717, 1.165) is 12.1 Å². The van der Waals surface area contributed by atoms with Gasteiger partial charge in [0.1, 0.15) is 5.00 Å². The number of hydrogen-bond acceptors (Lipinski definition) is 6. The molecule has 1 N–H and O–H groups in total. The van der Waals surface area contributed by atoms with E-state index in [1.165, 1.54) is 16.9 Å². The molecule has 3 heterocycles. The molecule has 5 nitrogen and oxygen atoms in total. The Kier molecular flexibility index (Phi) is 3.58. The lowest BCUT2D eigenvalue weighted by atomic mass is 9.90. The van der Waals surface area contributed by atoms with Gasteiger partial charge in [-0.05, 0) is 29.1 Å².